The van der Waals surface area contributed by atoms with Crippen LogP contribution in [0, 0.1) is 20.8 Å². The lowest BCUT2D eigenvalue weighted by molar-refractivity contribution is -0.116. The van der Waals surface area contributed by atoms with Crippen LogP contribution in [0.15, 0.2) is 41.3 Å². The lowest BCUT2D eigenvalue weighted by Crippen LogP contribution is -2.35. The Morgan fingerprint density at radius 3 is 2.21 bits per heavy atom. The minimum absolute atomic E-state index is 0.0155. The van der Waals surface area contributed by atoms with E-state index < -0.39 is 15.9 Å². The van der Waals surface area contributed by atoms with Crippen molar-refractivity contribution in [3.63, 3.8) is 0 Å². The summed E-state index contributed by atoms with van der Waals surface area (Å²) in [5.41, 5.74) is 3.47. The molecule has 2 amide bonds. The first kappa shape index (κ1) is 22.6. The Morgan fingerprint density at radius 2 is 1.62 bits per heavy atom. The quantitative estimate of drug-likeness (QED) is 0.724. The highest BCUT2D eigenvalue weighted by Gasteiger charge is 2.21. The Morgan fingerprint density at radius 1 is 1.00 bits per heavy atom. The first-order valence-corrected chi connectivity index (χ1v) is 10.8. The molecule has 0 aliphatic rings. The number of anilines is 1. The number of aryl methyl sites for hydroxylation is 3. The first-order chi connectivity index (χ1) is 13.6. The number of rotatable bonds is 7. The van der Waals surface area contributed by atoms with Crippen molar-refractivity contribution >= 4 is 27.5 Å². The zero-order valence-corrected chi connectivity index (χ0v) is 18.2. The Bertz CT molecular complexity index is 1010. The van der Waals surface area contributed by atoms with Gasteiger partial charge in [-0.1, -0.05) is 31.2 Å². The zero-order chi connectivity index (χ0) is 21.8. The number of likely N-dealkylation sites (N-methyl/N-ethyl adjacent to an activating group) is 1. The average molecular weight is 418 g/mol. The highest BCUT2D eigenvalue weighted by atomic mass is 32.2. The molecule has 156 valence electrons. The van der Waals surface area contributed by atoms with Crippen LogP contribution in [-0.4, -0.2) is 45.3 Å². The highest BCUT2D eigenvalue weighted by molar-refractivity contribution is 7.89. The molecular weight excluding hydrogens is 390 g/mol. The summed E-state index contributed by atoms with van der Waals surface area (Å²) in [6.07, 6.45) is 0. The molecule has 0 heterocycles. The average Bonchev–Trinajstić information content (AvgIpc) is 2.64. The van der Waals surface area contributed by atoms with Crippen molar-refractivity contribution in [3.05, 3.63) is 58.7 Å². The van der Waals surface area contributed by atoms with Crippen molar-refractivity contribution in [1.82, 2.24) is 9.62 Å². The second-order valence-electron chi connectivity index (χ2n) is 6.95. The summed E-state index contributed by atoms with van der Waals surface area (Å²) in [5.74, 6) is -0.750. The zero-order valence-electron chi connectivity index (χ0n) is 17.4. The monoisotopic (exact) mass is 417 g/mol. The number of hydrogen-bond donors (Lipinski definition) is 2. The predicted molar refractivity (Wildman–Crippen MR) is 114 cm³/mol. The molecule has 0 aliphatic carbocycles. The maximum atomic E-state index is 12.9. The lowest BCUT2D eigenvalue weighted by Gasteiger charge is -2.19. The van der Waals surface area contributed by atoms with Crippen LogP contribution in [0.25, 0.3) is 0 Å². The summed E-state index contributed by atoms with van der Waals surface area (Å²) in [5, 5.41) is 2.84. The molecule has 8 heteroatoms. The lowest BCUT2D eigenvalue weighted by atomic mass is 10.1. The van der Waals surface area contributed by atoms with Crippen molar-refractivity contribution in [3.8, 4) is 0 Å². The Hall–Kier alpha value is -2.71. The third kappa shape index (κ3) is 5.42. The van der Waals surface area contributed by atoms with Crippen LogP contribution >= 0.6 is 0 Å². The van der Waals surface area contributed by atoms with Crippen LogP contribution in [0.2, 0.25) is 0 Å². The molecule has 0 aliphatic heterocycles. The van der Waals surface area contributed by atoms with E-state index in [4.69, 9.17) is 0 Å². The Balaban J connectivity index is 2.18. The molecule has 0 spiro atoms. The molecule has 2 aromatic rings. The number of nitrogens with one attached hydrogen (secondary N) is 2. The van der Waals surface area contributed by atoms with Crippen LogP contribution < -0.4 is 10.0 Å². The van der Waals surface area contributed by atoms with Gasteiger partial charge in [-0.3, -0.25) is 9.59 Å². The normalized spacial score (nSPS) is 11.2. The number of para-hydroxylation sites is 1. The predicted octanol–water partition coefficient (Wildman–Crippen LogP) is 2.62. The third-order valence-corrected chi connectivity index (χ3v) is 6.10. The van der Waals surface area contributed by atoms with E-state index in [0.29, 0.717) is 5.56 Å². The SMILES string of the molecule is CCNS(=O)(=O)c1ccc(C)c(C(=O)N(C)CC(=O)Nc2c(C)cccc2C)c1. The minimum Gasteiger partial charge on any atom is -0.332 e. The van der Waals surface area contributed by atoms with Gasteiger partial charge in [-0.15, -0.1) is 0 Å². The first-order valence-electron chi connectivity index (χ1n) is 9.28. The second-order valence-corrected chi connectivity index (χ2v) is 8.72. The molecule has 0 fully saturated rings. The van der Waals surface area contributed by atoms with Gasteiger partial charge in [0, 0.05) is 24.8 Å². The van der Waals surface area contributed by atoms with E-state index in [1.165, 1.54) is 24.1 Å². The van der Waals surface area contributed by atoms with Gasteiger partial charge in [0.2, 0.25) is 15.9 Å². The van der Waals surface area contributed by atoms with Crippen molar-refractivity contribution in [2.45, 2.75) is 32.6 Å². The maximum absolute atomic E-state index is 12.9. The van der Waals surface area contributed by atoms with E-state index in [2.05, 4.69) is 10.0 Å². The van der Waals surface area contributed by atoms with E-state index in [9.17, 15) is 18.0 Å². The Labute approximate surface area is 172 Å². The van der Waals surface area contributed by atoms with Crippen LogP contribution in [-0.2, 0) is 14.8 Å². The molecular formula is C21H27N3O4S. The van der Waals surface area contributed by atoms with Gasteiger partial charge >= 0.3 is 0 Å². The van der Waals surface area contributed by atoms with Crippen LogP contribution in [0.4, 0.5) is 5.69 Å². The summed E-state index contributed by atoms with van der Waals surface area (Å²) in [6.45, 7) is 7.30. The maximum Gasteiger partial charge on any atom is 0.254 e. The molecule has 0 aromatic heterocycles. The van der Waals surface area contributed by atoms with Gasteiger partial charge in [0.1, 0.15) is 0 Å². The molecule has 0 bridgehead atoms. The fourth-order valence-electron chi connectivity index (χ4n) is 2.96. The molecule has 0 unspecified atom stereocenters. The van der Waals surface area contributed by atoms with Gasteiger partial charge < -0.3 is 10.2 Å². The molecule has 0 saturated heterocycles. The third-order valence-electron chi connectivity index (χ3n) is 4.56. The highest BCUT2D eigenvalue weighted by Crippen LogP contribution is 2.20. The van der Waals surface area contributed by atoms with Crippen LogP contribution in [0.3, 0.4) is 0 Å². The molecule has 7 nitrogen and oxygen atoms in total. The topological polar surface area (TPSA) is 95.6 Å². The van der Waals surface area contributed by atoms with E-state index in [0.717, 1.165) is 16.8 Å². The van der Waals surface area contributed by atoms with Gasteiger partial charge in [-0.05, 0) is 49.6 Å². The summed E-state index contributed by atoms with van der Waals surface area (Å²) < 4.78 is 26.9. The number of benzene rings is 2. The smallest absolute Gasteiger partial charge is 0.254 e. The molecule has 2 N–H and O–H groups in total. The van der Waals surface area contributed by atoms with Gasteiger partial charge in [-0.25, -0.2) is 13.1 Å². The Kier molecular flexibility index (Phi) is 7.16. The van der Waals surface area contributed by atoms with E-state index >= 15 is 0 Å². The minimum atomic E-state index is -3.68. The molecule has 2 rings (SSSR count). The number of carbonyl (C=O) groups excluding carboxylic acids is 2. The van der Waals surface area contributed by atoms with E-state index in [1.54, 1.807) is 19.9 Å². The number of nitrogens with zero attached hydrogens (tertiary/aromatic N) is 1. The fourth-order valence-corrected chi connectivity index (χ4v) is 4.02. The molecule has 0 saturated carbocycles. The summed E-state index contributed by atoms with van der Waals surface area (Å²) >= 11 is 0. The fraction of sp³-hybridized carbons (Fsp3) is 0.333. The number of amides is 2. The molecule has 0 atom stereocenters. The van der Waals surface area contributed by atoms with E-state index in [-0.39, 0.29) is 29.5 Å². The van der Waals surface area contributed by atoms with Gasteiger partial charge in [0.15, 0.2) is 0 Å². The van der Waals surface area contributed by atoms with Gasteiger partial charge in [0.25, 0.3) is 5.91 Å². The molecule has 2 aromatic carbocycles. The number of sulfonamides is 1. The summed E-state index contributed by atoms with van der Waals surface area (Å²) in [4.78, 5) is 26.6. The molecule has 0 radical (unpaired) electrons. The van der Waals surface area contributed by atoms with Crippen molar-refractivity contribution < 1.29 is 18.0 Å². The number of hydrogen-bond acceptors (Lipinski definition) is 4. The summed E-state index contributed by atoms with van der Waals surface area (Å²) in [6, 6.07) is 10.1. The van der Waals surface area contributed by atoms with Crippen LogP contribution in [0.5, 0.6) is 0 Å². The summed E-state index contributed by atoms with van der Waals surface area (Å²) in [7, 11) is -2.17. The van der Waals surface area contributed by atoms with Crippen molar-refractivity contribution in [2.75, 3.05) is 25.5 Å². The second kappa shape index (κ2) is 9.19. The number of carbonyl (C=O) groups is 2. The molecule has 29 heavy (non-hydrogen) atoms. The van der Waals surface area contributed by atoms with Crippen molar-refractivity contribution in [1.29, 1.82) is 0 Å². The van der Waals surface area contributed by atoms with Gasteiger partial charge in [0.05, 0.1) is 11.4 Å². The van der Waals surface area contributed by atoms with Crippen LogP contribution in [0.1, 0.15) is 34.0 Å². The standard InChI is InChI=1S/C21H27N3O4S/c1-6-22-29(27,28)17-11-10-14(2)18(12-17)21(26)24(5)13-19(25)23-20-15(3)8-7-9-16(20)4/h7-12,22H,6,13H2,1-5H3,(H,23,25). The van der Waals surface area contributed by atoms with E-state index in [1.807, 2.05) is 32.0 Å². The van der Waals surface area contributed by atoms with Gasteiger partial charge in [-0.2, -0.15) is 0 Å². The van der Waals surface area contributed by atoms with Crippen molar-refractivity contribution in [2.24, 2.45) is 0 Å². The largest absolute Gasteiger partial charge is 0.332 e.